The zero-order valence-corrected chi connectivity index (χ0v) is 22.5. The Kier molecular flexibility index (Phi) is 20.7. The highest BCUT2D eigenvalue weighted by atomic mass is 16.2. The molecular formula is C29H44BN3O3. The van der Waals surface area contributed by atoms with Gasteiger partial charge in [0.05, 0.1) is 18.3 Å². The van der Waals surface area contributed by atoms with Crippen LogP contribution in [0.25, 0.3) is 0 Å². The Morgan fingerprint density at radius 3 is 1.89 bits per heavy atom. The van der Waals surface area contributed by atoms with E-state index in [4.69, 9.17) is 7.85 Å². The number of hydrogen-bond donors (Lipinski definition) is 3. The first-order chi connectivity index (χ1) is 17.4. The number of unbranched alkanes of at least 4 members (excludes halogenated alkanes) is 4. The molecule has 3 N–H and O–H groups in total. The van der Waals surface area contributed by atoms with E-state index in [-0.39, 0.29) is 30.1 Å². The molecule has 196 valence electrons. The highest BCUT2D eigenvalue weighted by Crippen LogP contribution is 2.05. The molecule has 0 aliphatic carbocycles. The Morgan fingerprint density at radius 2 is 1.36 bits per heavy atom. The monoisotopic (exact) mass is 493 g/mol. The van der Waals surface area contributed by atoms with Gasteiger partial charge >= 0.3 is 0 Å². The quantitative estimate of drug-likeness (QED) is 0.273. The molecule has 2 aromatic carbocycles. The van der Waals surface area contributed by atoms with Gasteiger partial charge in [-0.15, -0.1) is 0 Å². The second-order valence-corrected chi connectivity index (χ2v) is 8.24. The second-order valence-electron chi connectivity index (χ2n) is 8.24. The van der Waals surface area contributed by atoms with Crippen LogP contribution in [0.3, 0.4) is 0 Å². The smallest absolute Gasteiger partial charge is 0.239 e. The number of hydrogen-bond acceptors (Lipinski definition) is 4. The lowest BCUT2D eigenvalue weighted by atomic mass is 9.96. The molecule has 2 rings (SSSR count). The van der Waals surface area contributed by atoms with Crippen molar-refractivity contribution in [2.45, 2.75) is 71.8 Å². The molecule has 0 aliphatic rings. The average Bonchev–Trinajstić information content (AvgIpc) is 2.89. The van der Waals surface area contributed by atoms with Crippen LogP contribution in [-0.4, -0.2) is 51.5 Å². The third-order valence-electron chi connectivity index (χ3n) is 5.23. The Bertz CT molecular complexity index is 832. The van der Waals surface area contributed by atoms with Crippen molar-refractivity contribution in [3.05, 3.63) is 71.8 Å². The Morgan fingerprint density at radius 1 is 0.806 bits per heavy atom. The summed E-state index contributed by atoms with van der Waals surface area (Å²) in [5.74, 6) is -0.377. The van der Waals surface area contributed by atoms with Gasteiger partial charge in [0.2, 0.25) is 11.8 Å². The molecule has 2 aromatic rings. The predicted octanol–water partition coefficient (Wildman–Crippen LogP) is 4.11. The number of nitrogens with one attached hydrogen (secondary N) is 3. The van der Waals surface area contributed by atoms with Crippen molar-refractivity contribution in [2.24, 2.45) is 0 Å². The third kappa shape index (κ3) is 18.4. The topological polar surface area (TPSA) is 87.3 Å². The second kappa shape index (κ2) is 22.5. The summed E-state index contributed by atoms with van der Waals surface area (Å²) in [7, 11) is 6.82. The molecule has 0 spiro atoms. The van der Waals surface area contributed by atoms with E-state index >= 15 is 0 Å². The minimum absolute atomic E-state index is 0.0234. The van der Waals surface area contributed by atoms with E-state index in [1.165, 1.54) is 5.56 Å². The van der Waals surface area contributed by atoms with Gasteiger partial charge in [-0.3, -0.25) is 9.59 Å². The average molecular weight is 494 g/mol. The SMILES string of the molecule is CC.Cc1ccccc1.[B]C(=O)CCCCCCCNC(=O)CNC(=O)C(Cc1ccccc1)NC. The highest BCUT2D eigenvalue weighted by molar-refractivity contribution is 6.57. The van der Waals surface area contributed by atoms with Gasteiger partial charge in [-0.25, -0.2) is 0 Å². The van der Waals surface area contributed by atoms with Crippen LogP contribution >= 0.6 is 0 Å². The van der Waals surface area contributed by atoms with E-state index in [0.717, 1.165) is 37.7 Å². The molecule has 0 bridgehead atoms. The molecule has 0 aromatic heterocycles. The number of benzene rings is 2. The summed E-state index contributed by atoms with van der Waals surface area (Å²) in [4.78, 5) is 34.7. The summed E-state index contributed by atoms with van der Waals surface area (Å²) in [5.41, 5.74) is 2.13. The summed E-state index contributed by atoms with van der Waals surface area (Å²) >= 11 is 0. The van der Waals surface area contributed by atoms with Crippen LogP contribution in [0, 0.1) is 6.92 Å². The molecule has 2 amide bonds. The van der Waals surface area contributed by atoms with Gasteiger partial charge in [0.25, 0.3) is 0 Å². The van der Waals surface area contributed by atoms with Crippen LogP contribution in [0.15, 0.2) is 60.7 Å². The van der Waals surface area contributed by atoms with Crippen LogP contribution in [0.5, 0.6) is 0 Å². The van der Waals surface area contributed by atoms with Crippen LogP contribution in [-0.2, 0) is 20.8 Å². The zero-order chi connectivity index (χ0) is 27.0. The van der Waals surface area contributed by atoms with Gasteiger partial charge in [-0.05, 0) is 45.2 Å². The molecule has 36 heavy (non-hydrogen) atoms. The van der Waals surface area contributed by atoms with E-state index in [9.17, 15) is 14.4 Å². The Hall–Kier alpha value is -2.93. The number of aryl methyl sites for hydroxylation is 1. The predicted molar refractivity (Wildman–Crippen MR) is 150 cm³/mol. The van der Waals surface area contributed by atoms with Crippen molar-refractivity contribution >= 4 is 25.3 Å². The standard InChI is InChI=1S/C20H30BN3O3.C7H8.C2H6/c1-22-17(14-16-10-6-5-7-11-16)20(27)24-15-19(26)23-13-9-4-2-3-8-12-18(21)25;1-7-5-3-2-4-6-7;1-2/h5-7,10-11,17,22H,2-4,8-9,12-15H2,1H3,(H,23,26)(H,24,27);2-6H,1H3;1-2H3. The molecule has 2 radical (unpaired) electrons. The van der Waals surface area contributed by atoms with Crippen molar-refractivity contribution in [1.29, 1.82) is 0 Å². The van der Waals surface area contributed by atoms with Gasteiger partial charge in [-0.1, -0.05) is 99.3 Å². The van der Waals surface area contributed by atoms with E-state index in [1.54, 1.807) is 7.05 Å². The van der Waals surface area contributed by atoms with Crippen LogP contribution < -0.4 is 16.0 Å². The number of carbonyl (C=O) groups excluding carboxylic acids is 3. The Labute approximate surface area is 219 Å². The van der Waals surface area contributed by atoms with Gasteiger partial charge in [0.1, 0.15) is 0 Å². The van der Waals surface area contributed by atoms with Crippen LogP contribution in [0.1, 0.15) is 63.5 Å². The fourth-order valence-corrected chi connectivity index (χ4v) is 3.25. The molecule has 0 saturated heterocycles. The van der Waals surface area contributed by atoms with E-state index < -0.39 is 0 Å². The largest absolute Gasteiger partial charge is 0.355 e. The zero-order valence-electron chi connectivity index (χ0n) is 22.5. The third-order valence-corrected chi connectivity index (χ3v) is 5.23. The van der Waals surface area contributed by atoms with Gasteiger partial charge in [0.15, 0.2) is 7.85 Å². The number of likely N-dealkylation sites (N-methyl/N-ethyl adjacent to an activating group) is 1. The first-order valence-corrected chi connectivity index (χ1v) is 13.0. The molecular weight excluding hydrogens is 449 g/mol. The summed E-state index contributed by atoms with van der Waals surface area (Å²) in [6.07, 6.45) is 5.69. The van der Waals surface area contributed by atoms with Crippen molar-refractivity contribution < 1.29 is 14.4 Å². The molecule has 1 atom stereocenters. The molecule has 0 saturated carbocycles. The van der Waals surface area contributed by atoms with Gasteiger partial charge in [-0.2, -0.15) is 0 Å². The van der Waals surface area contributed by atoms with Gasteiger partial charge in [0, 0.05) is 6.54 Å². The van der Waals surface area contributed by atoms with Crippen LogP contribution in [0.2, 0.25) is 0 Å². The number of rotatable bonds is 14. The summed E-state index contributed by atoms with van der Waals surface area (Å²) in [6.45, 7) is 6.65. The lowest BCUT2D eigenvalue weighted by Crippen LogP contribution is -2.47. The van der Waals surface area contributed by atoms with Crippen molar-refractivity contribution in [2.75, 3.05) is 20.1 Å². The lowest BCUT2D eigenvalue weighted by Gasteiger charge is -2.16. The summed E-state index contributed by atoms with van der Waals surface area (Å²) in [5, 5.41) is 8.47. The number of amides is 2. The summed E-state index contributed by atoms with van der Waals surface area (Å²) in [6, 6.07) is 19.6. The molecule has 1 unspecified atom stereocenters. The van der Waals surface area contributed by atoms with E-state index in [2.05, 4.69) is 35.0 Å². The molecule has 7 heteroatoms. The van der Waals surface area contributed by atoms with Crippen molar-refractivity contribution in [1.82, 2.24) is 16.0 Å². The summed E-state index contributed by atoms with van der Waals surface area (Å²) < 4.78 is 0. The van der Waals surface area contributed by atoms with Crippen molar-refractivity contribution in [3.63, 3.8) is 0 Å². The maximum Gasteiger partial charge on any atom is 0.239 e. The normalized spacial score (nSPS) is 10.6. The van der Waals surface area contributed by atoms with E-state index in [1.807, 2.05) is 62.4 Å². The fraction of sp³-hybridized carbons (Fsp3) is 0.483. The first-order valence-electron chi connectivity index (χ1n) is 13.0. The first kappa shape index (κ1) is 33.1. The molecule has 6 nitrogen and oxygen atoms in total. The maximum atomic E-state index is 12.2. The minimum Gasteiger partial charge on any atom is -0.355 e. The minimum atomic E-state index is -0.374. The number of carbonyl (C=O) groups is 3. The maximum absolute atomic E-state index is 12.2. The Balaban J connectivity index is 0.00000114. The van der Waals surface area contributed by atoms with Gasteiger partial charge < -0.3 is 20.7 Å². The lowest BCUT2D eigenvalue weighted by molar-refractivity contribution is -0.127. The molecule has 0 aliphatic heterocycles. The van der Waals surface area contributed by atoms with E-state index in [0.29, 0.717) is 19.4 Å². The fourth-order valence-electron chi connectivity index (χ4n) is 3.25. The van der Waals surface area contributed by atoms with Crippen molar-refractivity contribution in [3.8, 4) is 0 Å². The van der Waals surface area contributed by atoms with Crippen LogP contribution in [0.4, 0.5) is 0 Å². The highest BCUT2D eigenvalue weighted by Gasteiger charge is 2.17. The molecule has 0 fully saturated rings. The molecule has 0 heterocycles.